The van der Waals surface area contributed by atoms with Crippen molar-refractivity contribution in [2.75, 3.05) is 7.11 Å². The number of hydrogen-bond acceptors (Lipinski definition) is 5. The van der Waals surface area contributed by atoms with Crippen LogP contribution >= 0.6 is 11.6 Å². The number of nitriles is 1. The highest BCUT2D eigenvalue weighted by Crippen LogP contribution is 2.37. The van der Waals surface area contributed by atoms with Crippen LogP contribution in [-0.2, 0) is 0 Å². The Hall–Kier alpha value is -1.48. The molecule has 0 aliphatic heterocycles. The molecule has 0 fully saturated rings. The molecule has 0 aliphatic rings. The fourth-order valence-corrected chi connectivity index (χ4v) is 1.39. The van der Waals surface area contributed by atoms with Gasteiger partial charge in [0.25, 0.3) is 0 Å². The molecule has 0 heterocycles. The van der Waals surface area contributed by atoms with Gasteiger partial charge in [-0.05, 0) is 17.7 Å². The van der Waals surface area contributed by atoms with Gasteiger partial charge in [0.2, 0.25) is 0 Å². The number of aliphatic hydroxyl groups is 2. The summed E-state index contributed by atoms with van der Waals surface area (Å²) in [6.45, 7) is 0. The van der Waals surface area contributed by atoms with Crippen molar-refractivity contribution in [2.45, 2.75) is 12.2 Å². The third-order valence-corrected chi connectivity index (χ3v) is 2.33. The van der Waals surface area contributed by atoms with Crippen LogP contribution in [0.2, 0.25) is 5.02 Å². The van der Waals surface area contributed by atoms with E-state index in [1.807, 2.05) is 0 Å². The first-order valence-corrected chi connectivity index (χ1v) is 4.71. The lowest BCUT2D eigenvalue weighted by molar-refractivity contribution is 0.0526. The molecule has 0 aromatic heterocycles. The number of phenols is 1. The molecule has 0 radical (unpaired) electrons. The zero-order valence-electron chi connectivity index (χ0n) is 8.38. The average Bonchev–Trinajstić information content (AvgIpc) is 2.30. The number of aromatic hydroxyl groups is 1. The molecule has 6 heteroatoms. The Morgan fingerprint density at radius 2 is 2.06 bits per heavy atom. The number of ether oxygens (including phenoxy) is 1. The van der Waals surface area contributed by atoms with E-state index in [-0.39, 0.29) is 22.1 Å². The van der Waals surface area contributed by atoms with Crippen LogP contribution < -0.4 is 4.74 Å². The van der Waals surface area contributed by atoms with Crippen molar-refractivity contribution in [2.24, 2.45) is 0 Å². The summed E-state index contributed by atoms with van der Waals surface area (Å²) in [7, 11) is 1.32. The van der Waals surface area contributed by atoms with E-state index in [2.05, 4.69) is 0 Å². The fourth-order valence-electron chi connectivity index (χ4n) is 1.17. The maximum Gasteiger partial charge on any atom is 0.176 e. The van der Waals surface area contributed by atoms with Crippen LogP contribution in [0.1, 0.15) is 11.7 Å². The maximum atomic E-state index is 9.56. The van der Waals surface area contributed by atoms with Crippen molar-refractivity contribution in [3.63, 3.8) is 0 Å². The Kier molecular flexibility index (Phi) is 3.96. The summed E-state index contributed by atoms with van der Waals surface area (Å²) in [5, 5.41) is 36.5. The second-order valence-electron chi connectivity index (χ2n) is 3.07. The van der Waals surface area contributed by atoms with Crippen molar-refractivity contribution >= 4 is 11.6 Å². The van der Waals surface area contributed by atoms with Crippen LogP contribution in [0.3, 0.4) is 0 Å². The predicted octanol–water partition coefficient (Wildman–Crippen LogP) is 0.972. The van der Waals surface area contributed by atoms with Crippen LogP contribution in [0.25, 0.3) is 0 Å². The molecule has 16 heavy (non-hydrogen) atoms. The largest absolute Gasteiger partial charge is 0.503 e. The first-order chi connectivity index (χ1) is 7.51. The van der Waals surface area contributed by atoms with Gasteiger partial charge in [-0.3, -0.25) is 0 Å². The summed E-state index contributed by atoms with van der Waals surface area (Å²) in [6, 6.07) is 4.05. The number of rotatable bonds is 3. The zero-order valence-corrected chi connectivity index (χ0v) is 9.14. The second-order valence-corrected chi connectivity index (χ2v) is 3.48. The number of halogens is 1. The third kappa shape index (κ3) is 2.36. The average molecular weight is 244 g/mol. The molecule has 86 valence electrons. The molecule has 0 aliphatic carbocycles. The van der Waals surface area contributed by atoms with E-state index in [0.717, 1.165) is 0 Å². The van der Waals surface area contributed by atoms with E-state index in [0.29, 0.717) is 0 Å². The highest BCUT2D eigenvalue weighted by molar-refractivity contribution is 6.32. The SMILES string of the molecule is COc1cc(C(O)C(O)C#N)cc(Cl)c1O. The van der Waals surface area contributed by atoms with E-state index in [1.165, 1.54) is 25.3 Å². The number of phenolic OH excluding ortho intramolecular Hbond substituents is 1. The Labute approximate surface area is 97.1 Å². The van der Waals surface area contributed by atoms with E-state index < -0.39 is 12.2 Å². The van der Waals surface area contributed by atoms with Gasteiger partial charge in [0.15, 0.2) is 17.6 Å². The van der Waals surface area contributed by atoms with Crippen molar-refractivity contribution < 1.29 is 20.1 Å². The van der Waals surface area contributed by atoms with E-state index >= 15 is 0 Å². The Balaban J connectivity index is 3.17. The standard InChI is InChI=1S/C10H10ClNO4/c1-16-8-3-5(2-6(11)10(8)15)9(14)7(13)4-12/h2-3,7,9,13-15H,1H3. The zero-order chi connectivity index (χ0) is 12.3. The van der Waals surface area contributed by atoms with Gasteiger partial charge in [0, 0.05) is 0 Å². The molecule has 3 N–H and O–H groups in total. The molecule has 0 spiro atoms. The minimum atomic E-state index is -1.56. The Morgan fingerprint density at radius 1 is 1.44 bits per heavy atom. The van der Waals surface area contributed by atoms with Crippen molar-refractivity contribution in [3.05, 3.63) is 22.7 Å². The predicted molar refractivity (Wildman–Crippen MR) is 56.2 cm³/mol. The van der Waals surface area contributed by atoms with Gasteiger partial charge in [0.05, 0.1) is 18.2 Å². The van der Waals surface area contributed by atoms with E-state index in [1.54, 1.807) is 0 Å². The third-order valence-electron chi connectivity index (χ3n) is 2.04. The molecule has 2 atom stereocenters. The lowest BCUT2D eigenvalue weighted by Gasteiger charge is -2.14. The summed E-state index contributed by atoms with van der Waals surface area (Å²) in [6.07, 6.45) is -2.97. The minimum absolute atomic E-state index is 0.0291. The first-order valence-electron chi connectivity index (χ1n) is 4.33. The summed E-state index contributed by atoms with van der Waals surface area (Å²) in [5.74, 6) is -0.196. The van der Waals surface area contributed by atoms with Crippen LogP contribution in [0, 0.1) is 11.3 Å². The molecule has 0 amide bonds. The fraction of sp³-hybridized carbons (Fsp3) is 0.300. The van der Waals surface area contributed by atoms with Gasteiger partial charge in [-0.25, -0.2) is 0 Å². The smallest absolute Gasteiger partial charge is 0.176 e. The molecule has 1 aromatic rings. The lowest BCUT2D eigenvalue weighted by Crippen LogP contribution is -2.15. The molecule has 5 nitrogen and oxygen atoms in total. The van der Waals surface area contributed by atoms with Crippen molar-refractivity contribution in [1.29, 1.82) is 5.26 Å². The molecule has 1 aromatic carbocycles. The van der Waals surface area contributed by atoms with Crippen LogP contribution in [0.4, 0.5) is 0 Å². The molecule has 0 bridgehead atoms. The van der Waals surface area contributed by atoms with Gasteiger partial charge >= 0.3 is 0 Å². The van der Waals surface area contributed by atoms with Crippen molar-refractivity contribution in [1.82, 2.24) is 0 Å². The number of benzene rings is 1. The quantitative estimate of drug-likeness (QED) is 0.688. The summed E-state index contributed by atoms with van der Waals surface area (Å²) >= 11 is 5.68. The molecule has 0 saturated heterocycles. The highest BCUT2D eigenvalue weighted by atomic mass is 35.5. The number of hydrogen-bond donors (Lipinski definition) is 3. The molecule has 2 unspecified atom stereocenters. The number of aliphatic hydroxyl groups excluding tert-OH is 2. The number of methoxy groups -OCH3 is 1. The van der Waals surface area contributed by atoms with Gasteiger partial charge in [-0.1, -0.05) is 11.6 Å². The Bertz CT molecular complexity index is 430. The highest BCUT2D eigenvalue weighted by Gasteiger charge is 2.20. The van der Waals surface area contributed by atoms with Gasteiger partial charge in [-0.15, -0.1) is 0 Å². The monoisotopic (exact) mass is 243 g/mol. The van der Waals surface area contributed by atoms with Crippen LogP contribution in [-0.4, -0.2) is 28.5 Å². The molecular formula is C10H10ClNO4. The second kappa shape index (κ2) is 5.03. The topological polar surface area (TPSA) is 93.7 Å². The summed E-state index contributed by atoms with van der Waals surface area (Å²) in [4.78, 5) is 0. The van der Waals surface area contributed by atoms with E-state index in [9.17, 15) is 10.2 Å². The van der Waals surface area contributed by atoms with Crippen molar-refractivity contribution in [3.8, 4) is 17.6 Å². The number of nitrogens with zero attached hydrogens (tertiary/aromatic N) is 1. The Morgan fingerprint density at radius 3 is 2.56 bits per heavy atom. The molecule has 0 saturated carbocycles. The summed E-state index contributed by atoms with van der Waals surface area (Å²) in [5.41, 5.74) is 0.189. The van der Waals surface area contributed by atoms with E-state index in [4.69, 9.17) is 26.7 Å². The van der Waals surface area contributed by atoms with Gasteiger partial charge in [-0.2, -0.15) is 5.26 Å². The normalized spacial score (nSPS) is 13.9. The van der Waals surface area contributed by atoms with Gasteiger partial charge < -0.3 is 20.1 Å². The molecular weight excluding hydrogens is 234 g/mol. The molecule has 1 rings (SSSR count). The first kappa shape index (κ1) is 12.6. The van der Waals surface area contributed by atoms with Gasteiger partial charge in [0.1, 0.15) is 6.10 Å². The van der Waals surface area contributed by atoms with Crippen LogP contribution in [0.5, 0.6) is 11.5 Å². The summed E-state index contributed by atoms with van der Waals surface area (Å²) < 4.78 is 4.82. The van der Waals surface area contributed by atoms with Crippen LogP contribution in [0.15, 0.2) is 12.1 Å². The lowest BCUT2D eigenvalue weighted by atomic mass is 10.0. The maximum absolute atomic E-state index is 9.56. The minimum Gasteiger partial charge on any atom is -0.503 e.